The molecule has 0 spiro atoms. The number of hydrogen-bond donors (Lipinski definition) is 1. The third-order valence-corrected chi connectivity index (χ3v) is 5.64. The lowest BCUT2D eigenvalue weighted by Crippen LogP contribution is -1.90. The molecule has 0 atom stereocenters. The first-order chi connectivity index (χ1) is 12.8. The van der Waals surface area contributed by atoms with Gasteiger partial charge in [-0.1, -0.05) is 42.1 Å². The molecule has 3 aromatic heterocycles. The number of aromatic nitrogens is 5. The highest BCUT2D eigenvalue weighted by atomic mass is 32.2. The Kier molecular flexibility index (Phi) is 5.08. The Morgan fingerprint density at radius 3 is 2.65 bits per heavy atom. The third kappa shape index (κ3) is 4.00. The molecule has 0 fully saturated rings. The lowest BCUT2D eigenvalue weighted by atomic mass is 10.1. The van der Waals surface area contributed by atoms with Crippen LogP contribution in [0.1, 0.15) is 22.6 Å². The van der Waals surface area contributed by atoms with Gasteiger partial charge in [-0.25, -0.2) is 19.9 Å². The molecule has 3 heterocycles. The van der Waals surface area contributed by atoms with Crippen molar-refractivity contribution in [2.75, 3.05) is 0 Å². The van der Waals surface area contributed by atoms with E-state index < -0.39 is 0 Å². The van der Waals surface area contributed by atoms with Gasteiger partial charge in [0.2, 0.25) is 0 Å². The molecule has 0 amide bonds. The molecule has 0 aliphatic rings. The van der Waals surface area contributed by atoms with Gasteiger partial charge < -0.3 is 4.98 Å². The Morgan fingerprint density at radius 2 is 1.85 bits per heavy atom. The fourth-order valence-electron chi connectivity index (χ4n) is 2.52. The molecule has 130 valence electrons. The van der Waals surface area contributed by atoms with Crippen LogP contribution in [0.2, 0.25) is 0 Å². The van der Waals surface area contributed by atoms with Crippen molar-refractivity contribution in [3.8, 4) is 10.8 Å². The molecule has 1 N–H and O–H groups in total. The zero-order valence-electron chi connectivity index (χ0n) is 14.2. The normalized spacial score (nSPS) is 11.0. The van der Waals surface area contributed by atoms with Crippen molar-refractivity contribution < 1.29 is 0 Å². The van der Waals surface area contributed by atoms with E-state index >= 15 is 0 Å². The van der Waals surface area contributed by atoms with Crippen LogP contribution in [0.3, 0.4) is 0 Å². The van der Waals surface area contributed by atoms with Crippen molar-refractivity contribution >= 4 is 23.1 Å². The van der Waals surface area contributed by atoms with Crippen LogP contribution in [-0.2, 0) is 12.2 Å². The molecule has 5 nitrogen and oxygen atoms in total. The van der Waals surface area contributed by atoms with E-state index in [1.165, 1.54) is 5.56 Å². The van der Waals surface area contributed by atoms with Crippen LogP contribution in [0.25, 0.3) is 10.8 Å². The van der Waals surface area contributed by atoms with Crippen LogP contribution in [0.4, 0.5) is 0 Å². The van der Waals surface area contributed by atoms with Crippen molar-refractivity contribution in [3.05, 3.63) is 76.8 Å². The molecule has 4 aromatic rings. The Balaban J connectivity index is 1.41. The van der Waals surface area contributed by atoms with E-state index in [9.17, 15) is 0 Å². The molecule has 0 radical (unpaired) electrons. The summed E-state index contributed by atoms with van der Waals surface area (Å²) in [4.78, 5) is 21.2. The second-order valence-corrected chi connectivity index (χ2v) is 7.60. The van der Waals surface area contributed by atoms with Gasteiger partial charge >= 0.3 is 0 Å². The van der Waals surface area contributed by atoms with Gasteiger partial charge in [0, 0.05) is 35.6 Å². The van der Waals surface area contributed by atoms with Gasteiger partial charge in [0.1, 0.15) is 0 Å². The van der Waals surface area contributed by atoms with E-state index in [0.717, 1.165) is 39.4 Å². The molecular weight excluding hydrogens is 362 g/mol. The van der Waals surface area contributed by atoms with Gasteiger partial charge in [-0.2, -0.15) is 0 Å². The van der Waals surface area contributed by atoms with Gasteiger partial charge in [-0.05, 0) is 18.6 Å². The van der Waals surface area contributed by atoms with Gasteiger partial charge in [-0.3, -0.25) is 0 Å². The SMILES string of the molecule is Cc1[nH]c(SCc2csc(-c3ncccn3)n2)nc1Cc1ccccc1. The predicted molar refractivity (Wildman–Crippen MR) is 105 cm³/mol. The number of aryl methyl sites for hydroxylation is 1. The zero-order valence-corrected chi connectivity index (χ0v) is 15.8. The quantitative estimate of drug-likeness (QED) is 0.499. The number of nitrogens with zero attached hydrogens (tertiary/aromatic N) is 4. The highest BCUT2D eigenvalue weighted by Crippen LogP contribution is 2.26. The minimum absolute atomic E-state index is 0.674. The van der Waals surface area contributed by atoms with E-state index in [4.69, 9.17) is 4.98 Å². The fraction of sp³-hybridized carbons (Fsp3) is 0.158. The first-order valence-corrected chi connectivity index (χ1v) is 10.1. The molecule has 7 heteroatoms. The minimum atomic E-state index is 0.674. The van der Waals surface area contributed by atoms with Crippen LogP contribution in [-0.4, -0.2) is 24.9 Å². The second-order valence-electron chi connectivity index (χ2n) is 5.78. The highest BCUT2D eigenvalue weighted by molar-refractivity contribution is 7.98. The average molecular weight is 380 g/mol. The Hall–Kier alpha value is -2.51. The van der Waals surface area contributed by atoms with Crippen LogP contribution in [0.15, 0.2) is 59.3 Å². The molecular formula is C19H17N5S2. The number of imidazole rings is 1. The van der Waals surface area contributed by atoms with Crippen LogP contribution in [0.5, 0.6) is 0 Å². The van der Waals surface area contributed by atoms with Crippen LogP contribution >= 0.6 is 23.1 Å². The summed E-state index contributed by atoms with van der Waals surface area (Å²) in [5.41, 5.74) is 4.50. The Bertz CT molecular complexity index is 980. The second kappa shape index (κ2) is 7.80. The molecule has 0 aliphatic heterocycles. The summed E-state index contributed by atoms with van der Waals surface area (Å²) in [7, 11) is 0. The lowest BCUT2D eigenvalue weighted by Gasteiger charge is -1.98. The number of benzene rings is 1. The first-order valence-electron chi connectivity index (χ1n) is 8.22. The number of H-pyrrole nitrogens is 1. The highest BCUT2D eigenvalue weighted by Gasteiger charge is 2.11. The zero-order chi connectivity index (χ0) is 17.8. The number of aromatic amines is 1. The van der Waals surface area contributed by atoms with E-state index in [1.807, 2.05) is 6.07 Å². The van der Waals surface area contributed by atoms with Gasteiger partial charge in [0.15, 0.2) is 16.0 Å². The molecule has 0 saturated carbocycles. The van der Waals surface area contributed by atoms with Crippen LogP contribution < -0.4 is 0 Å². The summed E-state index contributed by atoms with van der Waals surface area (Å²) < 4.78 is 0. The molecule has 0 saturated heterocycles. The summed E-state index contributed by atoms with van der Waals surface area (Å²) in [6.45, 7) is 2.07. The molecule has 0 aliphatic carbocycles. The smallest absolute Gasteiger partial charge is 0.188 e. The summed E-state index contributed by atoms with van der Waals surface area (Å²) in [5, 5.41) is 3.83. The maximum Gasteiger partial charge on any atom is 0.188 e. The summed E-state index contributed by atoms with van der Waals surface area (Å²) >= 11 is 3.23. The van der Waals surface area contributed by atoms with Crippen molar-refractivity contribution in [2.45, 2.75) is 24.3 Å². The van der Waals surface area contributed by atoms with Gasteiger partial charge in [-0.15, -0.1) is 11.3 Å². The number of thioether (sulfide) groups is 1. The van der Waals surface area contributed by atoms with Crippen molar-refractivity contribution in [1.82, 2.24) is 24.9 Å². The molecule has 4 rings (SSSR count). The number of hydrogen-bond acceptors (Lipinski definition) is 6. The average Bonchev–Trinajstić information content (AvgIpc) is 3.29. The standard InChI is InChI=1S/C19H17N5S2/c1-13-16(10-14-6-3-2-4-7-14)24-19(22-13)26-12-15-11-25-18(23-15)17-20-8-5-9-21-17/h2-9,11H,10,12H2,1H3,(H,22,24). The minimum Gasteiger partial charge on any atom is -0.337 e. The van der Waals surface area contributed by atoms with Crippen molar-refractivity contribution in [2.24, 2.45) is 0 Å². The molecule has 1 aromatic carbocycles. The predicted octanol–water partition coefficient (Wildman–Crippen LogP) is 4.51. The molecule has 0 bridgehead atoms. The van der Waals surface area contributed by atoms with E-state index in [0.29, 0.717) is 5.82 Å². The maximum absolute atomic E-state index is 4.74. The monoisotopic (exact) mass is 379 g/mol. The molecule has 26 heavy (non-hydrogen) atoms. The first kappa shape index (κ1) is 16.9. The molecule has 0 unspecified atom stereocenters. The summed E-state index contributed by atoms with van der Waals surface area (Å²) in [6.07, 6.45) is 4.31. The van der Waals surface area contributed by atoms with Gasteiger partial charge in [0.05, 0.1) is 11.4 Å². The van der Waals surface area contributed by atoms with Gasteiger partial charge in [0.25, 0.3) is 0 Å². The van der Waals surface area contributed by atoms with E-state index in [1.54, 1.807) is 41.6 Å². The lowest BCUT2D eigenvalue weighted by molar-refractivity contribution is 1.01. The van der Waals surface area contributed by atoms with Crippen molar-refractivity contribution in [3.63, 3.8) is 0 Å². The van der Waals surface area contributed by atoms with E-state index in [-0.39, 0.29) is 0 Å². The third-order valence-electron chi connectivity index (χ3n) is 3.84. The van der Waals surface area contributed by atoms with Crippen LogP contribution in [0, 0.1) is 6.92 Å². The Labute approximate surface area is 160 Å². The largest absolute Gasteiger partial charge is 0.337 e. The summed E-state index contributed by atoms with van der Waals surface area (Å²) in [6, 6.07) is 12.2. The maximum atomic E-state index is 4.74. The number of thiazole rings is 1. The fourth-order valence-corrected chi connectivity index (χ4v) is 4.23. The number of rotatable bonds is 6. The Morgan fingerprint density at radius 1 is 1.04 bits per heavy atom. The summed E-state index contributed by atoms with van der Waals surface area (Å²) in [5.74, 6) is 1.44. The number of nitrogens with one attached hydrogen (secondary N) is 1. The van der Waals surface area contributed by atoms with E-state index in [2.05, 4.69) is 56.5 Å². The van der Waals surface area contributed by atoms with Crippen molar-refractivity contribution in [1.29, 1.82) is 0 Å². The topological polar surface area (TPSA) is 67.3 Å².